The largest absolute Gasteiger partial charge is 0.416 e. The van der Waals surface area contributed by atoms with Gasteiger partial charge in [-0.1, -0.05) is 6.07 Å². The van der Waals surface area contributed by atoms with Crippen LogP contribution in [0.3, 0.4) is 0 Å². The molecule has 20 heavy (non-hydrogen) atoms. The number of hydrogen-bond acceptors (Lipinski definition) is 2. The molecule has 0 unspecified atom stereocenters. The number of aromatic nitrogens is 2. The fourth-order valence-electron chi connectivity index (χ4n) is 1.75. The van der Waals surface area contributed by atoms with Crippen LogP contribution in [0.1, 0.15) is 21.5 Å². The van der Waals surface area contributed by atoms with Gasteiger partial charge in [0.2, 0.25) is 0 Å². The number of halogens is 3. The Labute approximate surface area is 113 Å². The van der Waals surface area contributed by atoms with Crippen LogP contribution < -0.4 is 5.32 Å². The van der Waals surface area contributed by atoms with E-state index < -0.39 is 17.6 Å². The van der Waals surface area contributed by atoms with Crippen LogP contribution in [0.15, 0.2) is 30.6 Å². The maximum Gasteiger partial charge on any atom is 0.416 e. The molecule has 0 aliphatic carbocycles. The predicted octanol–water partition coefficient (Wildman–Crippen LogP) is 3.00. The minimum absolute atomic E-state index is 0.0942. The van der Waals surface area contributed by atoms with Gasteiger partial charge in [-0.2, -0.15) is 18.3 Å². The average Bonchev–Trinajstić information content (AvgIpc) is 2.77. The molecule has 0 atom stereocenters. The third-order valence-electron chi connectivity index (χ3n) is 2.77. The number of alkyl halides is 3. The second-order valence-electron chi connectivity index (χ2n) is 4.38. The molecular weight excluding hydrogens is 271 g/mol. The topological polar surface area (TPSA) is 46.9 Å². The van der Waals surface area contributed by atoms with Crippen molar-refractivity contribution in [3.8, 4) is 0 Å². The predicted molar refractivity (Wildman–Crippen MR) is 67.3 cm³/mol. The minimum Gasteiger partial charge on any atom is -0.322 e. The van der Waals surface area contributed by atoms with Gasteiger partial charge in [-0.25, -0.2) is 0 Å². The third kappa shape index (κ3) is 2.98. The first kappa shape index (κ1) is 14.1. The van der Waals surface area contributed by atoms with Gasteiger partial charge in [-0.05, 0) is 24.6 Å². The summed E-state index contributed by atoms with van der Waals surface area (Å²) >= 11 is 0. The Bertz CT molecular complexity index is 647. The molecule has 2 rings (SSSR count). The summed E-state index contributed by atoms with van der Waals surface area (Å²) in [5.74, 6) is -0.505. The molecule has 1 aromatic heterocycles. The molecule has 0 aliphatic heterocycles. The highest BCUT2D eigenvalue weighted by atomic mass is 19.4. The Morgan fingerprint density at radius 3 is 2.60 bits per heavy atom. The zero-order valence-corrected chi connectivity index (χ0v) is 10.8. The number of amides is 1. The Morgan fingerprint density at radius 1 is 1.35 bits per heavy atom. The summed E-state index contributed by atoms with van der Waals surface area (Å²) in [5.41, 5.74) is -0.281. The van der Waals surface area contributed by atoms with Crippen molar-refractivity contribution in [1.82, 2.24) is 9.78 Å². The average molecular weight is 283 g/mol. The number of hydrogen-bond donors (Lipinski definition) is 1. The molecule has 0 saturated heterocycles. The lowest BCUT2D eigenvalue weighted by Crippen LogP contribution is -2.13. The van der Waals surface area contributed by atoms with Gasteiger partial charge < -0.3 is 5.32 Å². The number of benzene rings is 1. The quantitative estimate of drug-likeness (QED) is 0.921. The van der Waals surface area contributed by atoms with Crippen molar-refractivity contribution in [3.63, 3.8) is 0 Å². The standard InChI is InChI=1S/C13H12F3N3O/c1-8-3-4-10(5-11(8)13(14,15)16)18-12(20)9-6-17-19(2)7-9/h3-7H,1-2H3,(H,18,20). The lowest BCUT2D eigenvalue weighted by Gasteiger charge is -2.12. The highest BCUT2D eigenvalue weighted by molar-refractivity contribution is 6.03. The first-order valence-corrected chi connectivity index (χ1v) is 5.75. The highest BCUT2D eigenvalue weighted by Gasteiger charge is 2.32. The Balaban J connectivity index is 2.24. The summed E-state index contributed by atoms with van der Waals surface area (Å²) in [6, 6.07) is 3.67. The van der Waals surface area contributed by atoms with E-state index >= 15 is 0 Å². The van der Waals surface area contributed by atoms with E-state index in [4.69, 9.17) is 0 Å². The van der Waals surface area contributed by atoms with Gasteiger partial charge in [-0.3, -0.25) is 9.48 Å². The van der Waals surface area contributed by atoms with E-state index in [1.165, 1.54) is 36.1 Å². The summed E-state index contributed by atoms with van der Waals surface area (Å²) in [6.45, 7) is 1.37. The summed E-state index contributed by atoms with van der Waals surface area (Å²) in [4.78, 5) is 11.8. The Kier molecular flexibility index (Phi) is 3.52. The number of aryl methyl sites for hydroxylation is 2. The van der Waals surface area contributed by atoms with E-state index in [9.17, 15) is 18.0 Å². The number of carbonyl (C=O) groups is 1. The molecule has 7 heteroatoms. The monoisotopic (exact) mass is 283 g/mol. The summed E-state index contributed by atoms with van der Waals surface area (Å²) < 4.78 is 39.7. The molecule has 1 N–H and O–H groups in total. The van der Waals surface area contributed by atoms with Crippen LogP contribution >= 0.6 is 0 Å². The first-order valence-electron chi connectivity index (χ1n) is 5.75. The van der Waals surface area contributed by atoms with Gasteiger partial charge in [-0.15, -0.1) is 0 Å². The number of nitrogens with one attached hydrogen (secondary N) is 1. The van der Waals surface area contributed by atoms with Gasteiger partial charge in [0.15, 0.2) is 0 Å². The van der Waals surface area contributed by atoms with Crippen LogP contribution in [-0.2, 0) is 13.2 Å². The lowest BCUT2D eigenvalue weighted by molar-refractivity contribution is -0.138. The number of nitrogens with zero attached hydrogens (tertiary/aromatic N) is 2. The van der Waals surface area contributed by atoms with Crippen LogP contribution in [0.2, 0.25) is 0 Å². The normalized spacial score (nSPS) is 11.4. The molecule has 0 aliphatic rings. The molecule has 0 saturated carbocycles. The minimum atomic E-state index is -4.45. The van der Waals surface area contributed by atoms with Gasteiger partial charge in [0.25, 0.3) is 5.91 Å². The van der Waals surface area contributed by atoms with Gasteiger partial charge >= 0.3 is 6.18 Å². The molecule has 0 fully saturated rings. The SMILES string of the molecule is Cc1ccc(NC(=O)c2cnn(C)c2)cc1C(F)(F)F. The van der Waals surface area contributed by atoms with E-state index in [0.717, 1.165) is 6.07 Å². The molecule has 0 spiro atoms. The number of rotatable bonds is 2. The summed E-state index contributed by atoms with van der Waals surface area (Å²) in [5, 5.41) is 6.25. The number of anilines is 1. The van der Waals surface area contributed by atoms with Crippen molar-refractivity contribution < 1.29 is 18.0 Å². The third-order valence-corrected chi connectivity index (χ3v) is 2.77. The maximum absolute atomic E-state index is 12.8. The maximum atomic E-state index is 12.8. The van der Waals surface area contributed by atoms with Crippen LogP contribution in [-0.4, -0.2) is 15.7 Å². The lowest BCUT2D eigenvalue weighted by atomic mass is 10.1. The van der Waals surface area contributed by atoms with Gasteiger partial charge in [0, 0.05) is 18.9 Å². The fraction of sp³-hybridized carbons (Fsp3) is 0.231. The van der Waals surface area contributed by atoms with E-state index in [-0.39, 0.29) is 16.8 Å². The zero-order chi connectivity index (χ0) is 14.9. The smallest absolute Gasteiger partial charge is 0.322 e. The summed E-state index contributed by atoms with van der Waals surface area (Å²) in [7, 11) is 1.64. The molecule has 1 heterocycles. The van der Waals surface area contributed by atoms with Crippen LogP contribution in [0.4, 0.5) is 18.9 Å². The highest BCUT2D eigenvalue weighted by Crippen LogP contribution is 2.33. The molecular formula is C13H12F3N3O. The van der Waals surface area contributed by atoms with Crippen molar-refractivity contribution in [2.45, 2.75) is 13.1 Å². The van der Waals surface area contributed by atoms with Gasteiger partial charge in [0.05, 0.1) is 17.3 Å². The van der Waals surface area contributed by atoms with E-state index in [1.54, 1.807) is 7.05 Å². The van der Waals surface area contributed by atoms with Crippen molar-refractivity contribution in [2.75, 3.05) is 5.32 Å². The second-order valence-corrected chi connectivity index (χ2v) is 4.38. The van der Waals surface area contributed by atoms with Crippen molar-refractivity contribution in [1.29, 1.82) is 0 Å². The van der Waals surface area contributed by atoms with Crippen LogP contribution in [0.25, 0.3) is 0 Å². The van der Waals surface area contributed by atoms with Crippen LogP contribution in [0.5, 0.6) is 0 Å². The van der Waals surface area contributed by atoms with Crippen molar-refractivity contribution >= 4 is 11.6 Å². The molecule has 0 bridgehead atoms. The molecule has 1 aromatic carbocycles. The first-order chi connectivity index (χ1) is 9.27. The molecule has 4 nitrogen and oxygen atoms in total. The van der Waals surface area contributed by atoms with Crippen molar-refractivity contribution in [3.05, 3.63) is 47.3 Å². The fourth-order valence-corrected chi connectivity index (χ4v) is 1.75. The Morgan fingerprint density at radius 2 is 2.05 bits per heavy atom. The molecule has 106 valence electrons. The number of carbonyl (C=O) groups excluding carboxylic acids is 1. The second kappa shape index (κ2) is 4.99. The van der Waals surface area contributed by atoms with Gasteiger partial charge in [0.1, 0.15) is 0 Å². The van der Waals surface area contributed by atoms with E-state index in [1.807, 2.05) is 0 Å². The van der Waals surface area contributed by atoms with Crippen LogP contribution in [0, 0.1) is 6.92 Å². The summed E-state index contributed by atoms with van der Waals surface area (Å²) in [6.07, 6.45) is -1.62. The molecule has 1 amide bonds. The zero-order valence-electron chi connectivity index (χ0n) is 10.8. The van der Waals surface area contributed by atoms with Crippen molar-refractivity contribution in [2.24, 2.45) is 7.05 Å². The van der Waals surface area contributed by atoms with E-state index in [0.29, 0.717) is 0 Å². The molecule has 0 radical (unpaired) electrons. The van der Waals surface area contributed by atoms with E-state index in [2.05, 4.69) is 10.4 Å². The molecule has 2 aromatic rings. The Hall–Kier alpha value is -2.31.